The third kappa shape index (κ3) is 5.84. The number of aryl methyl sites for hydroxylation is 2. The summed E-state index contributed by atoms with van der Waals surface area (Å²) in [6.45, 7) is 6.18. The summed E-state index contributed by atoms with van der Waals surface area (Å²) >= 11 is 5.10. The highest BCUT2D eigenvalue weighted by Crippen LogP contribution is 2.22. The average molecular weight is 470 g/mol. The second kappa shape index (κ2) is 9.94. The van der Waals surface area contributed by atoms with E-state index in [1.54, 1.807) is 18.0 Å². The van der Waals surface area contributed by atoms with Gasteiger partial charge in [-0.15, -0.1) is 11.8 Å². The molecule has 3 aromatic rings. The van der Waals surface area contributed by atoms with Crippen molar-refractivity contribution in [2.75, 3.05) is 5.75 Å². The lowest BCUT2D eigenvalue weighted by molar-refractivity contribution is -0.118. The zero-order chi connectivity index (χ0) is 20.8. The topological polar surface area (TPSA) is 46.4 Å². The number of hydrogen-bond donors (Lipinski definition) is 1. The Morgan fingerprint density at radius 2 is 1.90 bits per heavy atom. The van der Waals surface area contributed by atoms with Crippen molar-refractivity contribution < 1.29 is 4.79 Å². The van der Waals surface area contributed by atoms with Crippen LogP contribution in [0.25, 0.3) is 5.69 Å². The van der Waals surface area contributed by atoms with Crippen LogP contribution in [0.3, 0.4) is 0 Å². The number of hydrogen-bond acceptors (Lipinski definition) is 3. The molecule has 6 heteroatoms. The summed E-state index contributed by atoms with van der Waals surface area (Å²) in [5.41, 5.74) is 9.34. The molecule has 0 aliphatic rings. The zero-order valence-corrected chi connectivity index (χ0v) is 19.2. The van der Waals surface area contributed by atoms with Gasteiger partial charge in [0.15, 0.2) is 0 Å². The van der Waals surface area contributed by atoms with E-state index in [9.17, 15) is 4.79 Å². The van der Waals surface area contributed by atoms with Gasteiger partial charge in [-0.2, -0.15) is 5.10 Å². The molecule has 1 heterocycles. The highest BCUT2D eigenvalue weighted by Gasteiger charge is 2.10. The number of aromatic nitrogens is 1. The first-order valence-corrected chi connectivity index (χ1v) is 11.3. The molecule has 0 saturated heterocycles. The van der Waals surface area contributed by atoms with Crippen LogP contribution in [-0.2, 0) is 10.5 Å². The molecular weight excluding hydrogens is 446 g/mol. The van der Waals surface area contributed by atoms with Gasteiger partial charge in [-0.3, -0.25) is 4.79 Å². The molecule has 4 nitrogen and oxygen atoms in total. The Bertz CT molecular complexity index is 1030. The summed E-state index contributed by atoms with van der Waals surface area (Å²) in [5, 5.41) is 4.14. The van der Waals surface area contributed by atoms with Gasteiger partial charge < -0.3 is 4.57 Å². The molecule has 1 aromatic heterocycles. The van der Waals surface area contributed by atoms with Crippen molar-refractivity contribution in [3.8, 4) is 5.69 Å². The first-order valence-electron chi connectivity index (χ1n) is 9.34. The molecular formula is C23H24BrN3OS. The Morgan fingerprint density at radius 1 is 1.14 bits per heavy atom. The largest absolute Gasteiger partial charge is 0.318 e. The van der Waals surface area contributed by atoms with Crippen LogP contribution in [0.5, 0.6) is 0 Å². The lowest BCUT2D eigenvalue weighted by Crippen LogP contribution is -2.19. The molecule has 0 aliphatic carbocycles. The van der Waals surface area contributed by atoms with Crippen LogP contribution in [0.1, 0.15) is 28.1 Å². The molecule has 0 saturated carbocycles. The lowest BCUT2D eigenvalue weighted by atomic mass is 10.2. The first-order chi connectivity index (χ1) is 13.9. The second-order valence-electron chi connectivity index (χ2n) is 6.91. The number of benzene rings is 2. The molecule has 0 atom stereocenters. The fourth-order valence-corrected chi connectivity index (χ4v) is 4.25. The number of carbonyl (C=O) groups is 1. The fraction of sp³-hybridized carbons (Fsp3) is 0.217. The Labute approximate surface area is 184 Å². The SMILES string of the molecule is Cc1ccc(CSCC(=O)NN=Cc2cc(C)n(-c3cccc(Br)c3)c2C)cc1. The molecule has 3 rings (SSSR count). The number of thioether (sulfide) groups is 1. The third-order valence-electron chi connectivity index (χ3n) is 4.55. The standard InChI is InChI=1S/C23H24BrN3OS/c1-16-7-9-19(10-8-16)14-29-15-23(28)26-25-13-20-11-17(2)27(18(20)3)22-6-4-5-21(24)12-22/h4-13H,14-15H2,1-3H3,(H,26,28). The molecule has 1 N–H and O–H groups in total. The van der Waals surface area contributed by atoms with Crippen LogP contribution in [0, 0.1) is 20.8 Å². The summed E-state index contributed by atoms with van der Waals surface area (Å²) in [7, 11) is 0. The van der Waals surface area contributed by atoms with E-state index in [0.29, 0.717) is 5.75 Å². The van der Waals surface area contributed by atoms with Crippen molar-refractivity contribution in [1.82, 2.24) is 9.99 Å². The van der Waals surface area contributed by atoms with E-state index in [4.69, 9.17) is 0 Å². The minimum absolute atomic E-state index is 0.0980. The summed E-state index contributed by atoms with van der Waals surface area (Å²) in [4.78, 5) is 12.0. The molecule has 0 radical (unpaired) electrons. The van der Waals surface area contributed by atoms with E-state index in [1.807, 2.05) is 12.1 Å². The number of hydrazone groups is 1. The molecule has 29 heavy (non-hydrogen) atoms. The molecule has 0 aliphatic heterocycles. The van der Waals surface area contributed by atoms with E-state index < -0.39 is 0 Å². The van der Waals surface area contributed by atoms with E-state index in [1.165, 1.54) is 11.1 Å². The number of carbonyl (C=O) groups excluding carboxylic acids is 1. The van der Waals surface area contributed by atoms with Gasteiger partial charge in [-0.05, 0) is 50.6 Å². The van der Waals surface area contributed by atoms with Gasteiger partial charge in [0.2, 0.25) is 5.91 Å². The number of amides is 1. The Morgan fingerprint density at radius 3 is 2.62 bits per heavy atom. The van der Waals surface area contributed by atoms with Crippen LogP contribution in [-0.4, -0.2) is 22.4 Å². The molecule has 150 valence electrons. The van der Waals surface area contributed by atoms with Crippen molar-refractivity contribution in [2.45, 2.75) is 26.5 Å². The van der Waals surface area contributed by atoms with E-state index >= 15 is 0 Å². The van der Waals surface area contributed by atoms with E-state index in [2.05, 4.69) is 94.3 Å². The maximum atomic E-state index is 12.0. The molecule has 0 spiro atoms. The van der Waals surface area contributed by atoms with Crippen LogP contribution < -0.4 is 5.43 Å². The Kier molecular flexibility index (Phi) is 7.34. The van der Waals surface area contributed by atoms with Gasteiger partial charge in [0.1, 0.15) is 0 Å². The van der Waals surface area contributed by atoms with E-state index in [-0.39, 0.29) is 5.91 Å². The quantitative estimate of drug-likeness (QED) is 0.364. The summed E-state index contributed by atoms with van der Waals surface area (Å²) < 4.78 is 3.21. The van der Waals surface area contributed by atoms with Gasteiger partial charge >= 0.3 is 0 Å². The minimum Gasteiger partial charge on any atom is -0.318 e. The summed E-state index contributed by atoms with van der Waals surface area (Å²) in [6, 6.07) is 18.6. The molecule has 1 amide bonds. The summed E-state index contributed by atoms with van der Waals surface area (Å²) in [5.74, 6) is 1.09. The van der Waals surface area contributed by atoms with Crippen LogP contribution >= 0.6 is 27.7 Å². The monoisotopic (exact) mass is 469 g/mol. The van der Waals surface area contributed by atoms with Crippen molar-refractivity contribution in [2.24, 2.45) is 5.10 Å². The van der Waals surface area contributed by atoms with Gasteiger partial charge in [-0.25, -0.2) is 5.43 Å². The van der Waals surface area contributed by atoms with Crippen LogP contribution in [0.4, 0.5) is 0 Å². The van der Waals surface area contributed by atoms with Gasteiger partial charge in [-0.1, -0.05) is 51.8 Å². The number of rotatable bonds is 7. The van der Waals surface area contributed by atoms with Gasteiger partial charge in [0, 0.05) is 32.9 Å². The predicted octanol–water partition coefficient (Wildman–Crippen LogP) is 5.55. The number of halogens is 1. The van der Waals surface area contributed by atoms with Crippen molar-refractivity contribution in [3.05, 3.63) is 87.1 Å². The fourth-order valence-electron chi connectivity index (χ4n) is 3.08. The maximum absolute atomic E-state index is 12.0. The van der Waals surface area contributed by atoms with Crippen molar-refractivity contribution in [3.63, 3.8) is 0 Å². The third-order valence-corrected chi connectivity index (χ3v) is 6.05. The Balaban J connectivity index is 1.55. The highest BCUT2D eigenvalue weighted by atomic mass is 79.9. The first kappa shape index (κ1) is 21.4. The van der Waals surface area contributed by atoms with Crippen molar-refractivity contribution in [1.29, 1.82) is 0 Å². The second-order valence-corrected chi connectivity index (χ2v) is 8.81. The van der Waals surface area contributed by atoms with Crippen LogP contribution in [0.15, 0.2) is 64.2 Å². The normalized spacial score (nSPS) is 11.2. The van der Waals surface area contributed by atoms with Crippen molar-refractivity contribution >= 4 is 39.8 Å². The maximum Gasteiger partial charge on any atom is 0.250 e. The molecule has 0 unspecified atom stereocenters. The Hall–Kier alpha value is -2.31. The minimum atomic E-state index is -0.0980. The predicted molar refractivity (Wildman–Crippen MR) is 126 cm³/mol. The average Bonchev–Trinajstić information content (AvgIpc) is 2.97. The highest BCUT2D eigenvalue weighted by molar-refractivity contribution is 9.10. The number of nitrogens with one attached hydrogen (secondary N) is 1. The molecule has 2 aromatic carbocycles. The molecule has 0 bridgehead atoms. The van der Waals surface area contributed by atoms with Crippen LogP contribution in [0.2, 0.25) is 0 Å². The smallest absolute Gasteiger partial charge is 0.250 e. The zero-order valence-electron chi connectivity index (χ0n) is 16.8. The van der Waals surface area contributed by atoms with E-state index in [0.717, 1.165) is 32.9 Å². The summed E-state index contributed by atoms with van der Waals surface area (Å²) in [6.07, 6.45) is 1.71. The van der Waals surface area contributed by atoms with Gasteiger partial charge in [0.25, 0.3) is 0 Å². The molecule has 0 fully saturated rings. The van der Waals surface area contributed by atoms with Gasteiger partial charge in [0.05, 0.1) is 12.0 Å². The lowest BCUT2D eigenvalue weighted by Gasteiger charge is -2.09. The number of nitrogens with zero attached hydrogens (tertiary/aromatic N) is 2.